The summed E-state index contributed by atoms with van der Waals surface area (Å²) in [6, 6.07) is -1.21. The van der Waals surface area contributed by atoms with E-state index >= 15 is 0 Å². The van der Waals surface area contributed by atoms with Crippen LogP contribution in [0.2, 0.25) is 0 Å². The predicted molar refractivity (Wildman–Crippen MR) is 96.5 cm³/mol. The summed E-state index contributed by atoms with van der Waals surface area (Å²) in [6.45, 7) is 5.88. The number of carbonyl (C=O) groups excluding carboxylic acids is 3. The zero-order valence-electron chi connectivity index (χ0n) is 16.4. The fraction of sp³-hybridized carbons (Fsp3) is 0.842. The van der Waals surface area contributed by atoms with Crippen molar-refractivity contribution in [1.82, 2.24) is 10.2 Å². The predicted octanol–water partition coefficient (Wildman–Crippen LogP) is 2.62. The Kier molecular flexibility index (Phi) is 6.89. The van der Waals surface area contributed by atoms with Gasteiger partial charge in [-0.25, -0.2) is 9.59 Å². The molecule has 2 aliphatic rings. The van der Waals surface area contributed by atoms with Gasteiger partial charge in [-0.1, -0.05) is 19.3 Å². The largest absolute Gasteiger partial charge is 0.467 e. The third-order valence-corrected chi connectivity index (χ3v) is 5.07. The van der Waals surface area contributed by atoms with Crippen molar-refractivity contribution in [2.24, 2.45) is 5.92 Å². The monoisotopic (exact) mass is 368 g/mol. The van der Waals surface area contributed by atoms with Crippen LogP contribution >= 0.6 is 0 Å². The molecule has 0 spiro atoms. The Morgan fingerprint density at radius 1 is 1.04 bits per heavy atom. The van der Waals surface area contributed by atoms with E-state index in [0.29, 0.717) is 13.0 Å². The van der Waals surface area contributed by atoms with E-state index in [1.807, 2.05) is 0 Å². The smallest absolute Gasteiger partial charge is 0.408 e. The molecule has 1 N–H and O–H groups in total. The standard InChI is InChI=1S/C19H32N2O5/c1-19(2,3)26-18(24)20-15(13-9-6-5-7-10-13)16(22)21-12-8-11-14(21)17(23)25-4/h13-15H,5-12H2,1-4H3,(H,20,24). The topological polar surface area (TPSA) is 84.9 Å². The van der Waals surface area contributed by atoms with Gasteiger partial charge in [0, 0.05) is 6.54 Å². The van der Waals surface area contributed by atoms with Crippen LogP contribution in [0.5, 0.6) is 0 Å². The Labute approximate surface area is 155 Å². The van der Waals surface area contributed by atoms with Gasteiger partial charge < -0.3 is 19.7 Å². The Balaban J connectivity index is 2.15. The average molecular weight is 368 g/mol. The highest BCUT2D eigenvalue weighted by Crippen LogP contribution is 2.29. The van der Waals surface area contributed by atoms with Crippen LogP contribution < -0.4 is 5.32 Å². The molecule has 1 saturated heterocycles. The third kappa shape index (κ3) is 5.35. The van der Waals surface area contributed by atoms with Gasteiger partial charge in [-0.3, -0.25) is 4.79 Å². The van der Waals surface area contributed by atoms with E-state index in [1.165, 1.54) is 7.11 Å². The molecule has 2 unspecified atom stereocenters. The van der Waals surface area contributed by atoms with Crippen LogP contribution in [0.3, 0.4) is 0 Å². The highest BCUT2D eigenvalue weighted by atomic mass is 16.6. The summed E-state index contributed by atoms with van der Waals surface area (Å²) in [7, 11) is 1.33. The lowest BCUT2D eigenvalue weighted by atomic mass is 9.83. The fourth-order valence-corrected chi connectivity index (χ4v) is 3.87. The van der Waals surface area contributed by atoms with Crippen molar-refractivity contribution in [3.63, 3.8) is 0 Å². The highest BCUT2D eigenvalue weighted by Gasteiger charge is 2.41. The summed E-state index contributed by atoms with van der Waals surface area (Å²) in [4.78, 5) is 39.1. The average Bonchev–Trinajstić information content (AvgIpc) is 3.07. The zero-order valence-corrected chi connectivity index (χ0v) is 16.4. The second kappa shape index (κ2) is 8.73. The maximum Gasteiger partial charge on any atom is 0.408 e. The van der Waals surface area contributed by atoms with E-state index in [2.05, 4.69) is 5.32 Å². The van der Waals surface area contributed by atoms with Gasteiger partial charge >= 0.3 is 12.1 Å². The molecule has 2 amide bonds. The number of ether oxygens (including phenoxy) is 2. The molecule has 2 atom stereocenters. The molecular weight excluding hydrogens is 336 g/mol. The van der Waals surface area contributed by atoms with Crippen LogP contribution in [-0.2, 0) is 19.1 Å². The second-order valence-corrected chi connectivity index (χ2v) is 8.23. The molecular formula is C19H32N2O5. The number of hydrogen-bond acceptors (Lipinski definition) is 5. The number of esters is 1. The Bertz CT molecular complexity index is 523. The number of methoxy groups -OCH3 is 1. The van der Waals surface area contributed by atoms with Gasteiger partial charge in [0.15, 0.2) is 0 Å². The Hall–Kier alpha value is -1.79. The van der Waals surface area contributed by atoms with Gasteiger partial charge in [-0.05, 0) is 52.4 Å². The fourth-order valence-electron chi connectivity index (χ4n) is 3.87. The van der Waals surface area contributed by atoms with Gasteiger partial charge in [-0.2, -0.15) is 0 Å². The molecule has 1 aliphatic carbocycles. The molecule has 1 aliphatic heterocycles. The lowest BCUT2D eigenvalue weighted by Crippen LogP contribution is -2.55. The summed E-state index contributed by atoms with van der Waals surface area (Å²) in [5.41, 5.74) is -0.632. The molecule has 7 nitrogen and oxygen atoms in total. The first kappa shape index (κ1) is 20.5. The number of rotatable bonds is 4. The number of hydrogen-bond donors (Lipinski definition) is 1. The molecule has 1 saturated carbocycles. The number of carbonyl (C=O) groups is 3. The molecule has 0 aromatic heterocycles. The van der Waals surface area contributed by atoms with Crippen molar-refractivity contribution in [2.45, 2.75) is 83.4 Å². The van der Waals surface area contributed by atoms with Crippen LogP contribution in [0.4, 0.5) is 4.79 Å². The quantitative estimate of drug-likeness (QED) is 0.771. The van der Waals surface area contributed by atoms with Crippen molar-refractivity contribution in [2.75, 3.05) is 13.7 Å². The maximum absolute atomic E-state index is 13.2. The maximum atomic E-state index is 13.2. The Morgan fingerprint density at radius 2 is 1.69 bits per heavy atom. The molecule has 0 aromatic rings. The highest BCUT2D eigenvalue weighted by molar-refractivity contribution is 5.90. The number of nitrogens with zero attached hydrogens (tertiary/aromatic N) is 1. The minimum absolute atomic E-state index is 0.0719. The van der Waals surface area contributed by atoms with Crippen LogP contribution in [0, 0.1) is 5.92 Å². The first-order valence-corrected chi connectivity index (χ1v) is 9.61. The third-order valence-electron chi connectivity index (χ3n) is 5.07. The van der Waals surface area contributed by atoms with E-state index in [-0.39, 0.29) is 11.8 Å². The molecule has 0 aromatic carbocycles. The van der Waals surface area contributed by atoms with Crippen molar-refractivity contribution in [3.8, 4) is 0 Å². The van der Waals surface area contributed by atoms with E-state index in [9.17, 15) is 14.4 Å². The lowest BCUT2D eigenvalue weighted by Gasteiger charge is -2.34. The van der Waals surface area contributed by atoms with E-state index < -0.39 is 29.7 Å². The molecule has 2 rings (SSSR count). The molecule has 0 bridgehead atoms. The molecule has 0 radical (unpaired) electrons. The van der Waals surface area contributed by atoms with Gasteiger partial charge in [0.25, 0.3) is 0 Å². The minimum atomic E-state index is -0.657. The number of alkyl carbamates (subject to hydrolysis) is 1. The van der Waals surface area contributed by atoms with Crippen molar-refractivity contribution in [3.05, 3.63) is 0 Å². The number of amides is 2. The van der Waals surface area contributed by atoms with Crippen LogP contribution in [0.1, 0.15) is 65.7 Å². The van der Waals surface area contributed by atoms with Gasteiger partial charge in [0.1, 0.15) is 17.7 Å². The lowest BCUT2D eigenvalue weighted by molar-refractivity contribution is -0.152. The number of nitrogens with one attached hydrogen (secondary N) is 1. The molecule has 2 fully saturated rings. The number of likely N-dealkylation sites (tertiary alicyclic amines) is 1. The summed E-state index contributed by atoms with van der Waals surface area (Å²) < 4.78 is 10.2. The van der Waals surface area contributed by atoms with Crippen molar-refractivity contribution in [1.29, 1.82) is 0 Å². The van der Waals surface area contributed by atoms with Gasteiger partial charge in [0.05, 0.1) is 7.11 Å². The first-order valence-electron chi connectivity index (χ1n) is 9.61. The van der Waals surface area contributed by atoms with Crippen molar-refractivity contribution < 1.29 is 23.9 Å². The second-order valence-electron chi connectivity index (χ2n) is 8.23. The summed E-state index contributed by atoms with van der Waals surface area (Å²) in [5.74, 6) is -0.520. The normalized spacial score (nSPS) is 22.6. The molecule has 26 heavy (non-hydrogen) atoms. The summed E-state index contributed by atoms with van der Waals surface area (Å²) >= 11 is 0. The van der Waals surface area contributed by atoms with Crippen LogP contribution in [0.15, 0.2) is 0 Å². The summed E-state index contributed by atoms with van der Waals surface area (Å²) in [5, 5.41) is 2.79. The minimum Gasteiger partial charge on any atom is -0.467 e. The molecule has 1 heterocycles. The summed E-state index contributed by atoms with van der Waals surface area (Å²) in [6.07, 6.45) is 5.80. The first-order chi connectivity index (χ1) is 12.2. The van der Waals surface area contributed by atoms with Crippen LogP contribution in [0.25, 0.3) is 0 Å². The van der Waals surface area contributed by atoms with Crippen LogP contribution in [-0.4, -0.2) is 54.2 Å². The van der Waals surface area contributed by atoms with Gasteiger partial charge in [0.2, 0.25) is 5.91 Å². The van der Waals surface area contributed by atoms with E-state index in [4.69, 9.17) is 9.47 Å². The zero-order chi connectivity index (χ0) is 19.3. The molecule has 148 valence electrons. The Morgan fingerprint density at radius 3 is 2.27 bits per heavy atom. The van der Waals surface area contributed by atoms with E-state index in [0.717, 1.165) is 38.5 Å². The van der Waals surface area contributed by atoms with E-state index in [1.54, 1.807) is 25.7 Å². The van der Waals surface area contributed by atoms with Gasteiger partial charge in [-0.15, -0.1) is 0 Å². The SMILES string of the molecule is COC(=O)C1CCCN1C(=O)C(NC(=O)OC(C)(C)C)C1CCCCC1. The van der Waals surface area contributed by atoms with Crippen molar-refractivity contribution >= 4 is 18.0 Å². The molecule has 7 heteroatoms.